The molecule has 0 unspecified atom stereocenters. The number of hydrogen-bond donors (Lipinski definition) is 3. The number of hydrazine groups is 1. The van der Waals surface area contributed by atoms with Crippen LogP contribution in [0.3, 0.4) is 0 Å². The second kappa shape index (κ2) is 5.63. The third kappa shape index (κ3) is 2.90. The molecule has 0 bridgehead atoms. The Bertz CT molecular complexity index is 324. The number of rotatable bonds is 4. The van der Waals surface area contributed by atoms with Crippen molar-refractivity contribution in [3.05, 3.63) is 16.1 Å². The second-order valence-corrected chi connectivity index (χ2v) is 4.22. The Morgan fingerprint density at radius 3 is 2.79 bits per heavy atom. The predicted octanol–water partition coefficient (Wildman–Crippen LogP) is 1.76. The standard InChI is InChI=1S/C7H9Cl2N3OS/c8-4-3-5(9)7(14-2-1-13)11-6(4)12-10/h3,13H,1-2,10H2,(H,11,12). The van der Waals surface area contributed by atoms with Crippen LogP contribution >= 0.6 is 35.0 Å². The van der Waals surface area contributed by atoms with Crippen molar-refractivity contribution in [3.63, 3.8) is 0 Å². The van der Waals surface area contributed by atoms with Gasteiger partial charge >= 0.3 is 0 Å². The topological polar surface area (TPSA) is 71.2 Å². The van der Waals surface area contributed by atoms with Crippen molar-refractivity contribution in [2.75, 3.05) is 17.8 Å². The third-order valence-corrected chi connectivity index (χ3v) is 3.02. The Hall–Kier alpha value is -0.200. The maximum Gasteiger partial charge on any atom is 0.160 e. The molecule has 0 saturated carbocycles. The van der Waals surface area contributed by atoms with Crippen molar-refractivity contribution >= 4 is 40.8 Å². The summed E-state index contributed by atoms with van der Waals surface area (Å²) in [5, 5.41) is 10.1. The van der Waals surface area contributed by atoms with Gasteiger partial charge in [-0.25, -0.2) is 10.8 Å². The van der Waals surface area contributed by atoms with Gasteiger partial charge < -0.3 is 10.5 Å². The van der Waals surface area contributed by atoms with Crippen LogP contribution in [-0.2, 0) is 0 Å². The molecular formula is C7H9Cl2N3OS. The number of anilines is 1. The zero-order chi connectivity index (χ0) is 10.6. The van der Waals surface area contributed by atoms with Gasteiger partial charge in [0.2, 0.25) is 0 Å². The number of nitrogens with one attached hydrogen (secondary N) is 1. The highest BCUT2D eigenvalue weighted by molar-refractivity contribution is 7.99. The van der Waals surface area contributed by atoms with Gasteiger partial charge in [-0.2, -0.15) is 0 Å². The summed E-state index contributed by atoms with van der Waals surface area (Å²) in [6, 6.07) is 1.56. The number of aromatic nitrogens is 1. The number of nitrogen functional groups attached to an aromatic ring is 1. The monoisotopic (exact) mass is 253 g/mol. The van der Waals surface area contributed by atoms with E-state index in [1.165, 1.54) is 11.8 Å². The Labute approximate surface area is 95.8 Å². The molecule has 0 aliphatic carbocycles. The van der Waals surface area contributed by atoms with Gasteiger partial charge in [-0.05, 0) is 6.07 Å². The lowest BCUT2D eigenvalue weighted by molar-refractivity contribution is 0.322. The van der Waals surface area contributed by atoms with Gasteiger partial charge in [0.25, 0.3) is 0 Å². The van der Waals surface area contributed by atoms with Crippen molar-refractivity contribution in [1.82, 2.24) is 4.98 Å². The lowest BCUT2D eigenvalue weighted by atomic mass is 10.4. The Kier molecular flexibility index (Phi) is 4.77. The van der Waals surface area contributed by atoms with Gasteiger partial charge in [0.05, 0.1) is 16.7 Å². The molecule has 0 aliphatic heterocycles. The van der Waals surface area contributed by atoms with Crippen LogP contribution in [0.15, 0.2) is 11.1 Å². The van der Waals surface area contributed by atoms with Crippen molar-refractivity contribution < 1.29 is 5.11 Å². The summed E-state index contributed by atoms with van der Waals surface area (Å²) >= 11 is 13.0. The summed E-state index contributed by atoms with van der Waals surface area (Å²) in [5.74, 6) is 6.10. The van der Waals surface area contributed by atoms with Crippen LogP contribution in [0.1, 0.15) is 0 Å². The number of nitrogens with zero attached hydrogens (tertiary/aromatic N) is 1. The molecule has 0 fully saturated rings. The van der Waals surface area contributed by atoms with E-state index in [2.05, 4.69) is 10.4 Å². The van der Waals surface area contributed by atoms with E-state index in [1.807, 2.05) is 0 Å². The first-order chi connectivity index (χ1) is 6.69. The molecule has 0 atom stereocenters. The van der Waals surface area contributed by atoms with Gasteiger partial charge in [0.1, 0.15) is 5.03 Å². The molecule has 0 radical (unpaired) electrons. The Morgan fingerprint density at radius 1 is 1.50 bits per heavy atom. The van der Waals surface area contributed by atoms with Crippen LogP contribution < -0.4 is 11.3 Å². The summed E-state index contributed by atoms with van der Waals surface area (Å²) in [6.45, 7) is 0.0662. The minimum absolute atomic E-state index is 0.0662. The van der Waals surface area contributed by atoms with Gasteiger partial charge in [-0.1, -0.05) is 23.2 Å². The van der Waals surface area contributed by atoms with Gasteiger partial charge in [0.15, 0.2) is 5.82 Å². The van der Waals surface area contributed by atoms with Crippen molar-refractivity contribution in [2.45, 2.75) is 5.03 Å². The largest absolute Gasteiger partial charge is 0.396 e. The first kappa shape index (κ1) is 11.9. The summed E-state index contributed by atoms with van der Waals surface area (Å²) in [6.07, 6.45) is 0. The molecule has 4 N–H and O–H groups in total. The first-order valence-electron chi connectivity index (χ1n) is 3.75. The van der Waals surface area contributed by atoms with E-state index in [1.54, 1.807) is 6.07 Å². The summed E-state index contributed by atoms with van der Waals surface area (Å²) in [5.41, 5.74) is 2.36. The molecule has 1 heterocycles. The molecule has 78 valence electrons. The number of pyridine rings is 1. The normalized spacial score (nSPS) is 10.3. The number of hydrogen-bond acceptors (Lipinski definition) is 5. The molecule has 0 amide bonds. The summed E-state index contributed by atoms with van der Waals surface area (Å²) in [4.78, 5) is 4.08. The molecule has 1 aromatic rings. The molecular weight excluding hydrogens is 245 g/mol. The second-order valence-electron chi connectivity index (χ2n) is 2.32. The smallest absolute Gasteiger partial charge is 0.160 e. The van der Waals surface area contributed by atoms with E-state index < -0.39 is 0 Å². The lowest BCUT2D eigenvalue weighted by Gasteiger charge is -2.06. The van der Waals surface area contributed by atoms with Crippen LogP contribution in [0, 0.1) is 0 Å². The third-order valence-electron chi connectivity index (χ3n) is 1.36. The zero-order valence-corrected chi connectivity index (χ0v) is 9.46. The fourth-order valence-electron chi connectivity index (χ4n) is 0.794. The maximum absolute atomic E-state index is 8.64. The Balaban J connectivity index is 2.92. The fourth-order valence-corrected chi connectivity index (χ4v) is 2.01. The minimum Gasteiger partial charge on any atom is -0.396 e. The average molecular weight is 254 g/mol. The first-order valence-corrected chi connectivity index (χ1v) is 5.49. The molecule has 1 aromatic heterocycles. The van der Waals surface area contributed by atoms with E-state index in [0.717, 1.165) is 0 Å². The predicted molar refractivity (Wildman–Crippen MR) is 59.9 cm³/mol. The highest BCUT2D eigenvalue weighted by Gasteiger charge is 2.08. The summed E-state index contributed by atoms with van der Waals surface area (Å²) in [7, 11) is 0. The maximum atomic E-state index is 8.64. The quantitative estimate of drug-likeness (QED) is 0.434. The number of halogens is 2. The van der Waals surface area contributed by atoms with E-state index in [0.29, 0.717) is 26.6 Å². The fraction of sp³-hybridized carbons (Fsp3) is 0.286. The van der Waals surface area contributed by atoms with Gasteiger partial charge in [-0.3, -0.25) is 0 Å². The van der Waals surface area contributed by atoms with Gasteiger partial charge in [-0.15, -0.1) is 11.8 Å². The SMILES string of the molecule is NNc1nc(SCCO)c(Cl)cc1Cl. The minimum atomic E-state index is 0.0662. The molecule has 14 heavy (non-hydrogen) atoms. The van der Waals surface area contributed by atoms with Crippen LogP contribution in [0.5, 0.6) is 0 Å². The Morgan fingerprint density at radius 2 is 2.21 bits per heavy atom. The number of aliphatic hydroxyl groups excluding tert-OH is 1. The van der Waals surface area contributed by atoms with Crippen LogP contribution in [0.25, 0.3) is 0 Å². The van der Waals surface area contributed by atoms with E-state index in [-0.39, 0.29) is 6.61 Å². The van der Waals surface area contributed by atoms with E-state index in [9.17, 15) is 0 Å². The van der Waals surface area contributed by atoms with Crippen molar-refractivity contribution in [3.8, 4) is 0 Å². The van der Waals surface area contributed by atoms with E-state index >= 15 is 0 Å². The number of thioether (sulfide) groups is 1. The summed E-state index contributed by atoms with van der Waals surface area (Å²) < 4.78 is 0. The van der Waals surface area contributed by atoms with Crippen LogP contribution in [0.2, 0.25) is 10.0 Å². The van der Waals surface area contributed by atoms with Crippen LogP contribution in [-0.4, -0.2) is 22.5 Å². The molecule has 4 nitrogen and oxygen atoms in total. The molecule has 0 aliphatic rings. The van der Waals surface area contributed by atoms with E-state index in [4.69, 9.17) is 34.2 Å². The molecule has 0 aromatic carbocycles. The van der Waals surface area contributed by atoms with Crippen molar-refractivity contribution in [2.24, 2.45) is 5.84 Å². The number of aliphatic hydroxyl groups is 1. The zero-order valence-electron chi connectivity index (χ0n) is 7.13. The molecule has 0 saturated heterocycles. The van der Waals surface area contributed by atoms with Gasteiger partial charge in [0, 0.05) is 5.75 Å². The van der Waals surface area contributed by atoms with Crippen LogP contribution in [0.4, 0.5) is 5.82 Å². The molecule has 7 heteroatoms. The highest BCUT2D eigenvalue weighted by Crippen LogP contribution is 2.31. The molecule has 1 rings (SSSR count). The average Bonchev–Trinajstić information content (AvgIpc) is 2.17. The number of nitrogens with two attached hydrogens (primary N) is 1. The molecule has 0 spiro atoms. The van der Waals surface area contributed by atoms with Crippen molar-refractivity contribution in [1.29, 1.82) is 0 Å². The lowest BCUT2D eigenvalue weighted by Crippen LogP contribution is -2.09. The highest BCUT2D eigenvalue weighted by atomic mass is 35.5.